The lowest BCUT2D eigenvalue weighted by Crippen LogP contribution is -2.49. The van der Waals surface area contributed by atoms with E-state index in [0.717, 1.165) is 38.7 Å². The van der Waals surface area contributed by atoms with Crippen molar-refractivity contribution in [3.05, 3.63) is 53.6 Å². The Labute approximate surface area is 307 Å². The lowest BCUT2D eigenvalue weighted by molar-refractivity contribution is -0.163. The topological polar surface area (TPSA) is 63.2 Å². The van der Waals surface area contributed by atoms with E-state index in [1.807, 2.05) is 19.1 Å². The second kappa shape index (κ2) is 16.5. The Kier molecular flexibility index (Phi) is 13.6. The predicted molar refractivity (Wildman–Crippen MR) is 211 cm³/mol. The fourth-order valence-electron chi connectivity index (χ4n) is 7.22. The molecule has 0 bridgehead atoms. The van der Waals surface area contributed by atoms with Crippen LogP contribution in [-0.4, -0.2) is 59.7 Å². The molecule has 8 atom stereocenters. The van der Waals surface area contributed by atoms with E-state index < -0.39 is 22.7 Å². The predicted octanol–water partition coefficient (Wildman–Crippen LogP) is 10.8. The van der Waals surface area contributed by atoms with Gasteiger partial charge in [-0.15, -0.1) is 0 Å². The highest BCUT2D eigenvalue weighted by atomic mass is 28.4. The van der Waals surface area contributed by atoms with E-state index in [9.17, 15) is 4.79 Å². The average Bonchev–Trinajstić information content (AvgIpc) is 3.02. The van der Waals surface area contributed by atoms with Crippen molar-refractivity contribution in [2.45, 2.75) is 174 Å². The van der Waals surface area contributed by atoms with E-state index >= 15 is 0 Å². The summed E-state index contributed by atoms with van der Waals surface area (Å²) in [6.07, 6.45) is 12.4. The summed E-state index contributed by atoms with van der Waals surface area (Å²) in [5.74, 6) is 1.19. The van der Waals surface area contributed by atoms with E-state index in [1.165, 1.54) is 11.1 Å². The fourth-order valence-corrected chi connectivity index (χ4v) is 9.90. The fraction of sp³-hybridized carbons (Fsp3) is 0.738. The highest BCUT2D eigenvalue weighted by molar-refractivity contribution is 6.74. The summed E-state index contributed by atoms with van der Waals surface area (Å²) < 4.78 is 33.0. The summed E-state index contributed by atoms with van der Waals surface area (Å²) in [5, 5.41) is 0.267. The summed E-state index contributed by atoms with van der Waals surface area (Å²) >= 11 is 0. The van der Waals surface area contributed by atoms with Crippen molar-refractivity contribution in [2.24, 2.45) is 17.8 Å². The molecule has 1 aromatic carbocycles. The lowest BCUT2D eigenvalue weighted by atomic mass is 9.66. The van der Waals surface area contributed by atoms with Gasteiger partial charge in [0.1, 0.15) is 11.9 Å². The molecule has 0 radical (unpaired) electrons. The number of hydrogen-bond donors (Lipinski definition) is 0. The molecule has 4 rings (SSSR count). The van der Waals surface area contributed by atoms with Crippen LogP contribution in [0.25, 0.3) is 0 Å². The molecular formula is C42H70O6Si2. The zero-order valence-corrected chi connectivity index (χ0v) is 35.8. The highest BCUT2D eigenvalue weighted by Gasteiger charge is 2.46. The summed E-state index contributed by atoms with van der Waals surface area (Å²) in [6.45, 7) is 30.3. The zero-order valence-electron chi connectivity index (χ0n) is 33.8. The minimum atomic E-state index is -2.07. The first kappa shape index (κ1) is 41.0. The van der Waals surface area contributed by atoms with Crippen molar-refractivity contribution in [2.75, 3.05) is 6.61 Å². The van der Waals surface area contributed by atoms with Crippen molar-refractivity contribution >= 4 is 22.6 Å². The number of carbonyl (C=O) groups is 1. The van der Waals surface area contributed by atoms with Crippen molar-refractivity contribution in [1.82, 2.24) is 0 Å². The Hall–Kier alpha value is -1.72. The van der Waals surface area contributed by atoms with Crippen LogP contribution in [-0.2, 0) is 29.5 Å². The smallest absolute Gasteiger partial charge is 0.347 e. The maximum absolute atomic E-state index is 14.0. The third-order valence-electron chi connectivity index (χ3n) is 12.5. The molecule has 0 N–H and O–H groups in total. The number of aryl methyl sites for hydroxylation is 1. The van der Waals surface area contributed by atoms with Crippen LogP contribution in [0, 0.1) is 17.8 Å². The standard InChI is InChI=1S/C42H70O6Si2/c1-14-30-17-20-32(21-18-30)45-37(15-2)40(43)46-38-28-35(48-50(12,13)42(7,8)9)26-31-19-16-29(3)36(39(31)38)23-22-33-27-34(24-25-44-33)47-49(10,11)41(4,5)6/h16-21,26,29,33-39H,14-15,22-25,27-28H2,1-13H3/t29-,33+,34+,35+,36-,37?,38-,39-/m0/s1. The molecule has 1 heterocycles. The van der Waals surface area contributed by atoms with Crippen LogP contribution >= 0.6 is 0 Å². The van der Waals surface area contributed by atoms with E-state index in [4.69, 9.17) is 23.1 Å². The molecule has 2 aliphatic carbocycles. The zero-order chi connectivity index (χ0) is 37.1. The van der Waals surface area contributed by atoms with Gasteiger partial charge in [0.2, 0.25) is 0 Å². The molecule has 282 valence electrons. The SMILES string of the molecule is CCc1ccc(OC(CC)C(=O)O[C@H]2C[C@H](O[Si](C)(C)C(C)(C)C)C=C3C=C[C@H](C)[C@H](CC[C@@H]4C[C@H](O[Si](C)(C)C(C)(C)C)CCO4)[C@H]32)cc1. The van der Waals surface area contributed by atoms with E-state index in [-0.39, 0.29) is 46.4 Å². The highest BCUT2D eigenvalue weighted by Crippen LogP contribution is 2.47. The number of allylic oxidation sites excluding steroid dienone is 2. The number of rotatable bonds is 13. The van der Waals surface area contributed by atoms with Crippen LogP contribution in [0.5, 0.6) is 5.75 Å². The molecule has 1 aliphatic heterocycles. The van der Waals surface area contributed by atoms with E-state index in [1.54, 1.807) is 0 Å². The molecule has 1 unspecified atom stereocenters. The number of benzene rings is 1. The van der Waals surface area contributed by atoms with E-state index in [2.05, 4.69) is 112 Å². The van der Waals surface area contributed by atoms with Gasteiger partial charge in [0.25, 0.3) is 0 Å². The summed E-state index contributed by atoms with van der Waals surface area (Å²) in [7, 11) is -3.92. The Balaban J connectivity index is 1.54. The first-order valence-electron chi connectivity index (χ1n) is 19.6. The number of carbonyl (C=O) groups excluding carboxylic acids is 1. The van der Waals surface area contributed by atoms with Crippen LogP contribution in [0.4, 0.5) is 0 Å². The lowest BCUT2D eigenvalue weighted by Gasteiger charge is -2.46. The molecule has 0 aromatic heterocycles. The molecule has 3 aliphatic rings. The first-order valence-corrected chi connectivity index (χ1v) is 25.4. The Morgan fingerprint density at radius 1 is 0.920 bits per heavy atom. The summed E-state index contributed by atoms with van der Waals surface area (Å²) in [4.78, 5) is 14.0. The maximum atomic E-state index is 14.0. The Morgan fingerprint density at radius 2 is 1.56 bits per heavy atom. The second-order valence-electron chi connectivity index (χ2n) is 18.3. The average molecular weight is 727 g/mol. The molecule has 8 heteroatoms. The van der Waals surface area contributed by atoms with Gasteiger partial charge in [-0.1, -0.05) is 92.7 Å². The van der Waals surface area contributed by atoms with Crippen LogP contribution in [0.1, 0.15) is 106 Å². The number of esters is 1. The van der Waals surface area contributed by atoms with Crippen LogP contribution in [0.3, 0.4) is 0 Å². The Bertz CT molecular complexity index is 1320. The largest absolute Gasteiger partial charge is 0.479 e. The van der Waals surface area contributed by atoms with Crippen molar-refractivity contribution in [1.29, 1.82) is 0 Å². The maximum Gasteiger partial charge on any atom is 0.347 e. The number of ether oxygens (including phenoxy) is 3. The molecule has 0 saturated carbocycles. The molecular weight excluding hydrogens is 657 g/mol. The quantitative estimate of drug-likeness (QED) is 0.149. The number of fused-ring (bicyclic) bond motifs is 1. The van der Waals surface area contributed by atoms with Gasteiger partial charge < -0.3 is 23.1 Å². The molecule has 1 aromatic rings. The van der Waals surface area contributed by atoms with Crippen LogP contribution < -0.4 is 4.74 Å². The monoisotopic (exact) mass is 726 g/mol. The minimum Gasteiger partial charge on any atom is -0.479 e. The minimum absolute atomic E-state index is 0.0780. The number of hydrogen-bond acceptors (Lipinski definition) is 6. The second-order valence-corrected chi connectivity index (χ2v) is 27.8. The van der Waals surface area contributed by atoms with Gasteiger partial charge in [0.15, 0.2) is 22.7 Å². The van der Waals surface area contributed by atoms with Crippen molar-refractivity contribution in [3.8, 4) is 5.75 Å². The van der Waals surface area contributed by atoms with E-state index in [0.29, 0.717) is 30.4 Å². The van der Waals surface area contributed by atoms with Gasteiger partial charge >= 0.3 is 5.97 Å². The molecule has 6 nitrogen and oxygen atoms in total. The van der Waals surface area contributed by atoms with Gasteiger partial charge in [-0.25, -0.2) is 4.79 Å². The van der Waals surface area contributed by atoms with Gasteiger partial charge in [0.05, 0.1) is 12.2 Å². The molecule has 1 fully saturated rings. The normalized spacial score (nSPS) is 28.4. The van der Waals surface area contributed by atoms with Gasteiger partial charge in [0, 0.05) is 25.0 Å². The van der Waals surface area contributed by atoms with Gasteiger partial charge in [-0.3, -0.25) is 0 Å². The van der Waals surface area contributed by atoms with Gasteiger partial charge in [-0.05, 0) is 110 Å². The van der Waals surface area contributed by atoms with Crippen molar-refractivity contribution < 1.29 is 27.9 Å². The third kappa shape index (κ3) is 10.2. The molecule has 50 heavy (non-hydrogen) atoms. The first-order chi connectivity index (χ1) is 23.2. The Morgan fingerprint density at radius 3 is 2.16 bits per heavy atom. The van der Waals surface area contributed by atoms with Gasteiger partial charge in [-0.2, -0.15) is 0 Å². The van der Waals surface area contributed by atoms with Crippen LogP contribution in [0.15, 0.2) is 48.1 Å². The van der Waals surface area contributed by atoms with Crippen LogP contribution in [0.2, 0.25) is 36.3 Å². The third-order valence-corrected chi connectivity index (χ3v) is 21.6. The summed E-state index contributed by atoms with van der Waals surface area (Å²) in [6, 6.07) is 8.04. The molecule has 0 spiro atoms. The molecule has 0 amide bonds. The molecule has 1 saturated heterocycles. The van der Waals surface area contributed by atoms with Crippen molar-refractivity contribution in [3.63, 3.8) is 0 Å². The summed E-state index contributed by atoms with van der Waals surface area (Å²) in [5.41, 5.74) is 2.48.